The maximum Gasteiger partial charge on any atom is 0.107 e. The smallest absolute Gasteiger partial charge is 0.107 e. The van der Waals surface area contributed by atoms with Crippen LogP contribution in [0.1, 0.15) is 23.4 Å². The van der Waals surface area contributed by atoms with Crippen LogP contribution in [0.4, 0.5) is 0 Å². The van der Waals surface area contributed by atoms with Gasteiger partial charge in [0.2, 0.25) is 0 Å². The van der Waals surface area contributed by atoms with Gasteiger partial charge in [0.05, 0.1) is 6.04 Å². The van der Waals surface area contributed by atoms with E-state index in [4.69, 9.17) is 11.6 Å². The molecule has 1 heterocycles. The second kappa shape index (κ2) is 6.70. The Bertz CT molecular complexity index is 507. The number of halogens is 3. The second-order valence-corrected chi connectivity index (χ2v) is 7.60. The fourth-order valence-electron chi connectivity index (χ4n) is 1.75. The van der Waals surface area contributed by atoms with E-state index >= 15 is 0 Å². The van der Waals surface area contributed by atoms with Gasteiger partial charge in [-0.25, -0.2) is 0 Å². The van der Waals surface area contributed by atoms with Crippen molar-refractivity contribution in [2.75, 3.05) is 6.54 Å². The van der Waals surface area contributed by atoms with Crippen LogP contribution in [0.15, 0.2) is 34.8 Å². The summed E-state index contributed by atoms with van der Waals surface area (Å²) < 4.78 is 3.02. The first kappa shape index (κ1) is 14.8. The molecule has 0 spiro atoms. The minimum Gasteiger partial charge on any atom is -0.306 e. The molecule has 1 aromatic carbocycles. The molecular formula is C13H12BrClINS. The van der Waals surface area contributed by atoms with Crippen LogP contribution in [-0.2, 0) is 0 Å². The monoisotopic (exact) mass is 455 g/mol. The van der Waals surface area contributed by atoms with E-state index in [1.165, 1.54) is 14.0 Å². The van der Waals surface area contributed by atoms with Gasteiger partial charge in [-0.1, -0.05) is 30.7 Å². The molecule has 0 radical (unpaired) electrons. The maximum atomic E-state index is 6.13. The molecule has 0 aliphatic carbocycles. The average Bonchev–Trinajstić information content (AvgIpc) is 2.68. The molecule has 2 rings (SSSR count). The molecule has 96 valence electrons. The lowest BCUT2D eigenvalue weighted by molar-refractivity contribution is 0.639. The fourth-order valence-corrected chi connectivity index (χ4v) is 3.95. The number of hydrogen-bond acceptors (Lipinski definition) is 2. The first-order valence-corrected chi connectivity index (χ1v) is 8.62. The van der Waals surface area contributed by atoms with Crippen LogP contribution < -0.4 is 5.32 Å². The molecule has 0 saturated carbocycles. The highest BCUT2D eigenvalue weighted by Crippen LogP contribution is 2.37. The van der Waals surface area contributed by atoms with Crippen molar-refractivity contribution >= 4 is 61.5 Å². The van der Waals surface area contributed by atoms with Gasteiger partial charge >= 0.3 is 0 Å². The third-order valence-corrected chi connectivity index (χ3v) is 5.82. The average molecular weight is 457 g/mol. The van der Waals surface area contributed by atoms with Crippen LogP contribution in [0.5, 0.6) is 0 Å². The topological polar surface area (TPSA) is 12.0 Å². The van der Waals surface area contributed by atoms with Gasteiger partial charge in [-0.05, 0) is 68.8 Å². The summed E-state index contributed by atoms with van der Waals surface area (Å²) in [7, 11) is 0. The van der Waals surface area contributed by atoms with E-state index in [1.807, 2.05) is 0 Å². The molecule has 0 aliphatic heterocycles. The van der Waals surface area contributed by atoms with Gasteiger partial charge in [0.15, 0.2) is 0 Å². The van der Waals surface area contributed by atoms with E-state index in [2.05, 4.69) is 81.1 Å². The molecular weight excluding hydrogens is 444 g/mol. The van der Waals surface area contributed by atoms with Crippen molar-refractivity contribution in [2.24, 2.45) is 0 Å². The van der Waals surface area contributed by atoms with E-state index in [-0.39, 0.29) is 6.04 Å². The summed E-state index contributed by atoms with van der Waals surface area (Å²) in [6, 6.07) is 10.9. The lowest BCUT2D eigenvalue weighted by Crippen LogP contribution is -2.20. The third kappa shape index (κ3) is 3.48. The van der Waals surface area contributed by atoms with Gasteiger partial charge in [-0.3, -0.25) is 0 Å². The van der Waals surface area contributed by atoms with E-state index in [9.17, 15) is 0 Å². The molecule has 1 aromatic heterocycles. The van der Waals surface area contributed by atoms with E-state index in [0.29, 0.717) is 0 Å². The zero-order valence-electron chi connectivity index (χ0n) is 9.71. The molecule has 1 atom stereocenters. The molecule has 0 saturated heterocycles. The summed E-state index contributed by atoms with van der Waals surface area (Å²) in [6.45, 7) is 3.04. The first-order chi connectivity index (χ1) is 8.61. The van der Waals surface area contributed by atoms with Gasteiger partial charge in [0.1, 0.15) is 4.34 Å². The zero-order valence-corrected chi connectivity index (χ0v) is 15.0. The third-order valence-electron chi connectivity index (χ3n) is 2.56. The van der Waals surface area contributed by atoms with Gasteiger partial charge in [0, 0.05) is 12.9 Å². The van der Waals surface area contributed by atoms with Crippen molar-refractivity contribution in [3.63, 3.8) is 0 Å². The Balaban J connectivity index is 2.36. The van der Waals surface area contributed by atoms with Crippen molar-refractivity contribution in [1.82, 2.24) is 5.32 Å². The summed E-state index contributed by atoms with van der Waals surface area (Å²) in [5.41, 5.74) is 1.27. The predicted molar refractivity (Wildman–Crippen MR) is 91.7 cm³/mol. The van der Waals surface area contributed by atoms with Gasteiger partial charge in [-0.15, -0.1) is 11.3 Å². The van der Waals surface area contributed by atoms with Crippen LogP contribution in [0, 0.1) is 3.57 Å². The molecule has 0 fully saturated rings. The van der Waals surface area contributed by atoms with Crippen molar-refractivity contribution in [2.45, 2.75) is 13.0 Å². The minimum atomic E-state index is 0.209. The predicted octanol–water partition coefficient (Wildman–Crippen LogP) is 5.47. The summed E-state index contributed by atoms with van der Waals surface area (Å²) >= 11 is 13.5. The van der Waals surface area contributed by atoms with Crippen LogP contribution in [-0.4, -0.2) is 6.54 Å². The Hall–Kier alpha value is 0.380. The summed E-state index contributed by atoms with van der Waals surface area (Å²) in [4.78, 5) is 1.23. The Morgan fingerprint density at radius 3 is 2.56 bits per heavy atom. The van der Waals surface area contributed by atoms with Crippen LogP contribution in [0.3, 0.4) is 0 Å². The van der Waals surface area contributed by atoms with Crippen LogP contribution in [0.2, 0.25) is 4.34 Å². The molecule has 2 aromatic rings. The lowest BCUT2D eigenvalue weighted by atomic mass is 10.1. The first-order valence-electron chi connectivity index (χ1n) is 5.55. The molecule has 0 amide bonds. The summed E-state index contributed by atoms with van der Waals surface area (Å²) in [5, 5.41) is 3.50. The number of thiophene rings is 1. The zero-order chi connectivity index (χ0) is 13.1. The standard InChI is InChI=1S/C13H12BrClINS/c1-2-17-12(8-3-5-9(16)6-4-8)11-7-10(14)13(15)18-11/h3-7,12,17H,2H2,1H3. The molecule has 1 unspecified atom stereocenters. The van der Waals surface area contributed by atoms with Crippen LogP contribution >= 0.6 is 61.5 Å². The maximum absolute atomic E-state index is 6.13. The molecule has 1 nitrogen and oxygen atoms in total. The normalized spacial score (nSPS) is 12.7. The molecule has 0 aliphatic rings. The van der Waals surface area contributed by atoms with Crippen molar-refractivity contribution in [3.05, 3.63) is 53.2 Å². The molecule has 5 heteroatoms. The Labute approximate surface area is 138 Å². The Kier molecular flexibility index (Phi) is 5.50. The van der Waals surface area contributed by atoms with Crippen molar-refractivity contribution < 1.29 is 0 Å². The highest BCUT2D eigenvalue weighted by molar-refractivity contribution is 14.1. The second-order valence-electron chi connectivity index (χ2n) is 3.81. The molecule has 18 heavy (non-hydrogen) atoms. The van der Waals surface area contributed by atoms with Gasteiger partial charge in [-0.2, -0.15) is 0 Å². The number of rotatable bonds is 4. The molecule has 1 N–H and O–H groups in total. The van der Waals surface area contributed by atoms with Crippen molar-refractivity contribution in [3.8, 4) is 0 Å². The number of nitrogens with one attached hydrogen (secondary N) is 1. The summed E-state index contributed by atoms with van der Waals surface area (Å²) in [6.07, 6.45) is 0. The largest absolute Gasteiger partial charge is 0.306 e. The fraction of sp³-hybridized carbons (Fsp3) is 0.231. The highest BCUT2D eigenvalue weighted by atomic mass is 127. The lowest BCUT2D eigenvalue weighted by Gasteiger charge is -2.16. The van der Waals surface area contributed by atoms with E-state index in [0.717, 1.165) is 15.4 Å². The van der Waals surface area contributed by atoms with Crippen LogP contribution in [0.25, 0.3) is 0 Å². The Morgan fingerprint density at radius 1 is 1.39 bits per heavy atom. The quantitative estimate of drug-likeness (QED) is 0.602. The molecule has 0 bridgehead atoms. The minimum absolute atomic E-state index is 0.209. The number of hydrogen-bond donors (Lipinski definition) is 1. The highest BCUT2D eigenvalue weighted by Gasteiger charge is 2.16. The summed E-state index contributed by atoms with van der Waals surface area (Å²) in [5.74, 6) is 0. The van der Waals surface area contributed by atoms with E-state index < -0.39 is 0 Å². The SMILES string of the molecule is CCNC(c1ccc(I)cc1)c1cc(Br)c(Cl)s1. The Morgan fingerprint density at radius 2 is 2.06 bits per heavy atom. The number of benzene rings is 1. The van der Waals surface area contributed by atoms with Crippen molar-refractivity contribution in [1.29, 1.82) is 0 Å². The van der Waals surface area contributed by atoms with E-state index in [1.54, 1.807) is 11.3 Å². The van der Waals surface area contributed by atoms with Gasteiger partial charge in [0.25, 0.3) is 0 Å². The van der Waals surface area contributed by atoms with Gasteiger partial charge < -0.3 is 5.32 Å².